The Hall–Kier alpha value is -1.93. The first kappa shape index (κ1) is 16.4. The second kappa shape index (κ2) is 8.50. The molecule has 0 amide bonds. The van der Waals surface area contributed by atoms with Crippen LogP contribution in [0, 0.1) is 0 Å². The van der Waals surface area contributed by atoms with E-state index in [0.29, 0.717) is 0 Å². The molecule has 1 N–H and O–H groups in total. The number of rotatable bonds is 8. The van der Waals surface area contributed by atoms with Crippen LogP contribution in [0.25, 0.3) is 11.1 Å². The molecular weight excluding hydrogens is 270 g/mol. The van der Waals surface area contributed by atoms with Gasteiger partial charge in [0.05, 0.1) is 6.04 Å². The highest BCUT2D eigenvalue weighted by Crippen LogP contribution is 2.25. The summed E-state index contributed by atoms with van der Waals surface area (Å²) in [6.07, 6.45) is 5.26. The van der Waals surface area contributed by atoms with Gasteiger partial charge in [0.2, 0.25) is 0 Å². The summed E-state index contributed by atoms with van der Waals surface area (Å²) in [7, 11) is 1.82. The quantitative estimate of drug-likeness (QED) is 0.745. The number of likely N-dealkylation sites (N-methyl/N-ethyl adjacent to an activating group) is 1. The molecule has 0 radical (unpaired) electrons. The van der Waals surface area contributed by atoms with Gasteiger partial charge in [-0.2, -0.15) is 0 Å². The van der Waals surface area contributed by atoms with Crippen molar-refractivity contribution >= 4 is 6.29 Å². The molecule has 0 fully saturated rings. The predicted molar refractivity (Wildman–Crippen MR) is 93.1 cm³/mol. The van der Waals surface area contributed by atoms with Crippen LogP contribution in [0.1, 0.15) is 30.9 Å². The van der Waals surface area contributed by atoms with Crippen molar-refractivity contribution in [2.75, 3.05) is 7.05 Å². The number of unbranched alkanes of at least 4 members (excludes halogenated alkanes) is 1. The number of nitrogens with one attached hydrogen (secondary N) is 1. The number of carbonyl (C=O) groups excluding carboxylic acids is 1. The fourth-order valence-electron chi connectivity index (χ4n) is 2.68. The maximum absolute atomic E-state index is 10.9. The first-order valence-corrected chi connectivity index (χ1v) is 8.08. The molecule has 0 aliphatic rings. The van der Waals surface area contributed by atoms with Crippen molar-refractivity contribution < 1.29 is 4.79 Å². The van der Waals surface area contributed by atoms with E-state index in [2.05, 4.69) is 60.8 Å². The minimum Gasteiger partial charge on any atom is -0.311 e. The van der Waals surface area contributed by atoms with E-state index in [1.165, 1.54) is 35.1 Å². The lowest BCUT2D eigenvalue weighted by Gasteiger charge is -2.12. The average Bonchev–Trinajstić information content (AvgIpc) is 2.58. The maximum atomic E-state index is 10.9. The molecule has 0 spiro atoms. The minimum absolute atomic E-state index is 0.109. The smallest absolute Gasteiger partial charge is 0.137 e. The molecule has 0 aliphatic carbocycles. The summed E-state index contributed by atoms with van der Waals surface area (Å²) in [6, 6.07) is 17.1. The van der Waals surface area contributed by atoms with E-state index in [4.69, 9.17) is 0 Å². The van der Waals surface area contributed by atoms with Gasteiger partial charge in [0.25, 0.3) is 0 Å². The number of aryl methyl sites for hydroxylation is 1. The highest BCUT2D eigenvalue weighted by Gasteiger charge is 2.07. The third-order valence-corrected chi connectivity index (χ3v) is 4.07. The molecule has 0 saturated carbocycles. The summed E-state index contributed by atoms with van der Waals surface area (Å²) in [5.41, 5.74) is 5.17. The van der Waals surface area contributed by atoms with Crippen LogP contribution < -0.4 is 5.32 Å². The Morgan fingerprint density at radius 1 is 1.09 bits per heavy atom. The Balaban J connectivity index is 2.18. The lowest BCUT2D eigenvalue weighted by Crippen LogP contribution is -2.28. The zero-order valence-corrected chi connectivity index (χ0v) is 13.5. The van der Waals surface area contributed by atoms with Gasteiger partial charge in [0, 0.05) is 0 Å². The monoisotopic (exact) mass is 295 g/mol. The molecule has 2 heteroatoms. The summed E-state index contributed by atoms with van der Waals surface area (Å²) in [4.78, 5) is 10.9. The van der Waals surface area contributed by atoms with Crippen molar-refractivity contribution in [1.82, 2.24) is 5.32 Å². The van der Waals surface area contributed by atoms with Gasteiger partial charge < -0.3 is 10.1 Å². The summed E-state index contributed by atoms with van der Waals surface area (Å²) in [5.74, 6) is 0. The van der Waals surface area contributed by atoms with E-state index >= 15 is 0 Å². The first-order chi connectivity index (χ1) is 10.8. The van der Waals surface area contributed by atoms with E-state index in [-0.39, 0.29) is 6.04 Å². The van der Waals surface area contributed by atoms with Gasteiger partial charge in [-0.1, -0.05) is 61.9 Å². The van der Waals surface area contributed by atoms with E-state index in [1.807, 2.05) is 7.05 Å². The Kier molecular flexibility index (Phi) is 6.35. The number of hydrogen-bond acceptors (Lipinski definition) is 2. The molecule has 1 atom stereocenters. The van der Waals surface area contributed by atoms with E-state index in [0.717, 1.165) is 19.1 Å². The van der Waals surface area contributed by atoms with Gasteiger partial charge in [-0.25, -0.2) is 0 Å². The van der Waals surface area contributed by atoms with E-state index < -0.39 is 0 Å². The molecule has 116 valence electrons. The highest BCUT2D eigenvalue weighted by molar-refractivity contribution is 5.67. The SMILES string of the molecule is CCCCc1ccccc1-c1ccc(CC(C=O)NC)cc1. The highest BCUT2D eigenvalue weighted by atomic mass is 16.1. The Labute approximate surface area is 133 Å². The van der Waals surface area contributed by atoms with Crippen LogP contribution in [0.15, 0.2) is 48.5 Å². The molecule has 2 rings (SSSR count). The average molecular weight is 295 g/mol. The molecule has 22 heavy (non-hydrogen) atoms. The van der Waals surface area contributed by atoms with Crippen molar-refractivity contribution in [2.45, 2.75) is 38.6 Å². The van der Waals surface area contributed by atoms with Crippen LogP contribution in [0.4, 0.5) is 0 Å². The lowest BCUT2D eigenvalue weighted by atomic mass is 9.95. The van der Waals surface area contributed by atoms with Crippen molar-refractivity contribution in [3.8, 4) is 11.1 Å². The van der Waals surface area contributed by atoms with Gasteiger partial charge in [-0.05, 0) is 48.6 Å². The van der Waals surface area contributed by atoms with Gasteiger partial charge >= 0.3 is 0 Å². The predicted octanol–water partition coefficient (Wildman–Crippen LogP) is 4.03. The van der Waals surface area contributed by atoms with Crippen LogP contribution in [-0.2, 0) is 17.6 Å². The van der Waals surface area contributed by atoms with Gasteiger partial charge in [-0.3, -0.25) is 0 Å². The Morgan fingerprint density at radius 3 is 2.45 bits per heavy atom. The Bertz CT molecular complexity index is 589. The number of aldehydes is 1. The lowest BCUT2D eigenvalue weighted by molar-refractivity contribution is -0.109. The summed E-state index contributed by atoms with van der Waals surface area (Å²) in [6.45, 7) is 2.22. The van der Waals surface area contributed by atoms with E-state index in [9.17, 15) is 4.79 Å². The second-order valence-corrected chi connectivity index (χ2v) is 5.69. The standard InChI is InChI=1S/C20H25NO/c1-3-4-7-17-8-5-6-9-20(17)18-12-10-16(11-13-18)14-19(15-22)21-2/h5-6,8-13,15,19,21H,3-4,7,14H2,1-2H3. The molecule has 2 nitrogen and oxygen atoms in total. The number of benzene rings is 2. The molecule has 0 aromatic heterocycles. The van der Waals surface area contributed by atoms with E-state index in [1.54, 1.807) is 0 Å². The topological polar surface area (TPSA) is 29.1 Å². The third-order valence-electron chi connectivity index (χ3n) is 4.07. The largest absolute Gasteiger partial charge is 0.311 e. The zero-order valence-electron chi connectivity index (χ0n) is 13.5. The van der Waals surface area contributed by atoms with Crippen LogP contribution in [0.2, 0.25) is 0 Å². The molecule has 0 heterocycles. The minimum atomic E-state index is -0.109. The van der Waals surface area contributed by atoms with Crippen LogP contribution in [0.5, 0.6) is 0 Å². The summed E-state index contributed by atoms with van der Waals surface area (Å²) < 4.78 is 0. The van der Waals surface area contributed by atoms with Crippen molar-refractivity contribution in [3.05, 3.63) is 59.7 Å². The number of hydrogen-bond donors (Lipinski definition) is 1. The molecule has 0 saturated heterocycles. The van der Waals surface area contributed by atoms with Crippen LogP contribution in [0.3, 0.4) is 0 Å². The third kappa shape index (κ3) is 4.28. The fourth-order valence-corrected chi connectivity index (χ4v) is 2.68. The zero-order chi connectivity index (χ0) is 15.8. The number of carbonyl (C=O) groups is 1. The molecule has 2 aromatic rings. The molecule has 0 bridgehead atoms. The van der Waals surface area contributed by atoms with Crippen molar-refractivity contribution in [2.24, 2.45) is 0 Å². The van der Waals surface area contributed by atoms with Gasteiger partial charge in [0.15, 0.2) is 0 Å². The molecule has 0 aliphatic heterocycles. The summed E-state index contributed by atoms with van der Waals surface area (Å²) >= 11 is 0. The molecule has 2 aromatic carbocycles. The van der Waals surface area contributed by atoms with Crippen LogP contribution >= 0.6 is 0 Å². The molecule has 1 unspecified atom stereocenters. The molecular formula is C20H25NO. The van der Waals surface area contributed by atoms with Crippen LogP contribution in [-0.4, -0.2) is 19.4 Å². The van der Waals surface area contributed by atoms with Gasteiger partial charge in [0.1, 0.15) is 6.29 Å². The fraction of sp³-hybridized carbons (Fsp3) is 0.350. The first-order valence-electron chi connectivity index (χ1n) is 8.08. The van der Waals surface area contributed by atoms with Crippen molar-refractivity contribution in [1.29, 1.82) is 0 Å². The van der Waals surface area contributed by atoms with Gasteiger partial charge in [-0.15, -0.1) is 0 Å². The summed E-state index contributed by atoms with van der Waals surface area (Å²) in [5, 5.41) is 3.01. The normalized spacial score (nSPS) is 12.1. The van der Waals surface area contributed by atoms with Crippen molar-refractivity contribution in [3.63, 3.8) is 0 Å². The maximum Gasteiger partial charge on any atom is 0.137 e. The second-order valence-electron chi connectivity index (χ2n) is 5.69. The Morgan fingerprint density at radius 2 is 1.82 bits per heavy atom.